The second-order valence-corrected chi connectivity index (χ2v) is 5.04. The highest BCUT2D eigenvalue weighted by molar-refractivity contribution is 6.19. The fourth-order valence-electron chi connectivity index (χ4n) is 2.01. The summed E-state index contributed by atoms with van der Waals surface area (Å²) in [5.41, 5.74) is 2.66. The number of pyridine rings is 1. The standard InChI is InChI=1S/C16H15ClN2O/c1-2-15(17)20-13-8-6-12(7-9-13)14-11-19-10-4-3-5-16(19)18-14/h3-11,15H,2H2,1H3. The molecule has 3 nitrogen and oxygen atoms in total. The molecule has 1 unspecified atom stereocenters. The molecule has 2 heterocycles. The lowest BCUT2D eigenvalue weighted by Gasteiger charge is -2.10. The lowest BCUT2D eigenvalue weighted by Crippen LogP contribution is -2.06. The first-order chi connectivity index (χ1) is 9.76. The molecule has 0 aliphatic heterocycles. The number of benzene rings is 1. The summed E-state index contributed by atoms with van der Waals surface area (Å²) in [7, 11) is 0. The van der Waals surface area contributed by atoms with Crippen LogP contribution < -0.4 is 4.74 Å². The highest BCUT2D eigenvalue weighted by Crippen LogP contribution is 2.23. The van der Waals surface area contributed by atoms with E-state index in [0.717, 1.165) is 29.1 Å². The van der Waals surface area contributed by atoms with Crippen molar-refractivity contribution in [3.8, 4) is 17.0 Å². The Morgan fingerprint density at radius 2 is 2.00 bits per heavy atom. The van der Waals surface area contributed by atoms with Crippen molar-refractivity contribution in [2.24, 2.45) is 0 Å². The van der Waals surface area contributed by atoms with Gasteiger partial charge in [-0.25, -0.2) is 4.98 Å². The lowest BCUT2D eigenvalue weighted by molar-refractivity contribution is 0.277. The van der Waals surface area contributed by atoms with Crippen LogP contribution in [0.4, 0.5) is 0 Å². The molecule has 0 spiro atoms. The zero-order valence-electron chi connectivity index (χ0n) is 11.2. The predicted octanol–water partition coefficient (Wildman–Crippen LogP) is 4.36. The maximum atomic E-state index is 5.97. The van der Waals surface area contributed by atoms with E-state index >= 15 is 0 Å². The van der Waals surface area contributed by atoms with Crippen LogP contribution in [0.25, 0.3) is 16.9 Å². The van der Waals surface area contributed by atoms with Crippen molar-refractivity contribution >= 4 is 17.2 Å². The van der Waals surface area contributed by atoms with Gasteiger partial charge in [0.1, 0.15) is 11.4 Å². The molecular formula is C16H15ClN2O. The Balaban J connectivity index is 1.86. The molecule has 2 aromatic heterocycles. The third-order valence-corrected chi connectivity index (χ3v) is 3.50. The molecule has 20 heavy (non-hydrogen) atoms. The molecule has 0 amide bonds. The highest BCUT2D eigenvalue weighted by Gasteiger charge is 2.06. The number of alkyl halides is 1. The zero-order valence-corrected chi connectivity index (χ0v) is 11.9. The van der Waals surface area contributed by atoms with E-state index in [-0.39, 0.29) is 5.56 Å². The number of halogens is 1. The van der Waals surface area contributed by atoms with Gasteiger partial charge in [-0.1, -0.05) is 24.6 Å². The summed E-state index contributed by atoms with van der Waals surface area (Å²) in [6.45, 7) is 1.99. The number of ether oxygens (including phenoxy) is 1. The van der Waals surface area contributed by atoms with Crippen molar-refractivity contribution in [1.82, 2.24) is 9.38 Å². The quantitative estimate of drug-likeness (QED) is 0.666. The van der Waals surface area contributed by atoms with Gasteiger partial charge in [0.2, 0.25) is 0 Å². The van der Waals surface area contributed by atoms with Crippen LogP contribution in [0.3, 0.4) is 0 Å². The second kappa shape index (κ2) is 5.55. The van der Waals surface area contributed by atoms with Crippen molar-refractivity contribution < 1.29 is 4.74 Å². The Kier molecular flexibility index (Phi) is 3.61. The van der Waals surface area contributed by atoms with Crippen LogP contribution >= 0.6 is 11.6 Å². The molecule has 4 heteroatoms. The average molecular weight is 287 g/mol. The first-order valence-electron chi connectivity index (χ1n) is 6.61. The van der Waals surface area contributed by atoms with Gasteiger partial charge in [0.05, 0.1) is 5.69 Å². The molecule has 0 fully saturated rings. The van der Waals surface area contributed by atoms with E-state index in [1.54, 1.807) is 0 Å². The molecule has 0 saturated carbocycles. The number of hydrogen-bond acceptors (Lipinski definition) is 2. The molecule has 3 rings (SSSR count). The Bertz CT molecular complexity index is 673. The van der Waals surface area contributed by atoms with Crippen molar-refractivity contribution in [3.05, 3.63) is 54.9 Å². The minimum Gasteiger partial charge on any atom is -0.475 e. The highest BCUT2D eigenvalue weighted by atomic mass is 35.5. The molecule has 0 aliphatic carbocycles. The molecule has 3 aromatic rings. The van der Waals surface area contributed by atoms with Gasteiger partial charge >= 0.3 is 0 Å². The van der Waals surface area contributed by atoms with Gasteiger partial charge in [0.15, 0.2) is 5.56 Å². The van der Waals surface area contributed by atoms with Crippen molar-refractivity contribution in [2.75, 3.05) is 0 Å². The Labute approximate surface area is 122 Å². The summed E-state index contributed by atoms with van der Waals surface area (Å²) in [5.74, 6) is 0.777. The van der Waals surface area contributed by atoms with Gasteiger partial charge in [-0.15, -0.1) is 0 Å². The normalized spacial score (nSPS) is 12.5. The zero-order chi connectivity index (χ0) is 13.9. The van der Waals surface area contributed by atoms with E-state index < -0.39 is 0 Å². The van der Waals surface area contributed by atoms with E-state index in [2.05, 4.69) is 4.98 Å². The van der Waals surface area contributed by atoms with Gasteiger partial charge in [0, 0.05) is 18.0 Å². The first kappa shape index (κ1) is 13.0. The predicted molar refractivity (Wildman–Crippen MR) is 81.2 cm³/mol. The van der Waals surface area contributed by atoms with Crippen molar-refractivity contribution in [1.29, 1.82) is 0 Å². The third kappa shape index (κ3) is 2.63. The SMILES string of the molecule is CCC(Cl)Oc1ccc(-c2cn3ccccc3n2)cc1. The molecule has 0 bridgehead atoms. The molecule has 0 saturated heterocycles. The topological polar surface area (TPSA) is 26.5 Å². The minimum absolute atomic E-state index is 0.281. The smallest absolute Gasteiger partial charge is 0.171 e. The summed E-state index contributed by atoms with van der Waals surface area (Å²) in [6.07, 6.45) is 4.78. The molecule has 102 valence electrons. The monoisotopic (exact) mass is 286 g/mol. The van der Waals surface area contributed by atoms with Crippen LogP contribution in [0.5, 0.6) is 5.75 Å². The van der Waals surface area contributed by atoms with Crippen LogP contribution in [0.2, 0.25) is 0 Å². The number of nitrogens with zero attached hydrogens (tertiary/aromatic N) is 2. The fourth-order valence-corrected chi connectivity index (χ4v) is 2.11. The van der Waals surface area contributed by atoms with Gasteiger partial charge in [-0.05, 0) is 42.8 Å². The molecule has 0 radical (unpaired) electrons. The fraction of sp³-hybridized carbons (Fsp3) is 0.188. The Morgan fingerprint density at radius 3 is 2.70 bits per heavy atom. The summed E-state index contributed by atoms with van der Waals surface area (Å²) in [5, 5.41) is 0. The average Bonchev–Trinajstić information content (AvgIpc) is 2.91. The van der Waals surface area contributed by atoms with Gasteiger partial charge in [-0.3, -0.25) is 0 Å². The molecular weight excluding hydrogens is 272 g/mol. The van der Waals surface area contributed by atoms with E-state index in [1.165, 1.54) is 0 Å². The van der Waals surface area contributed by atoms with Crippen molar-refractivity contribution in [3.63, 3.8) is 0 Å². The van der Waals surface area contributed by atoms with E-state index in [1.807, 2.05) is 66.2 Å². The summed E-state index contributed by atoms with van der Waals surface area (Å²) < 4.78 is 7.56. The second-order valence-electron chi connectivity index (χ2n) is 4.55. The molecule has 1 aromatic carbocycles. The molecule has 1 atom stereocenters. The summed E-state index contributed by atoms with van der Waals surface area (Å²) >= 11 is 5.97. The molecule has 0 N–H and O–H groups in total. The van der Waals surface area contributed by atoms with Crippen molar-refractivity contribution in [2.45, 2.75) is 18.9 Å². The number of rotatable bonds is 4. The summed E-state index contributed by atoms with van der Waals surface area (Å²) in [6, 6.07) is 13.8. The minimum atomic E-state index is -0.281. The maximum Gasteiger partial charge on any atom is 0.171 e. The van der Waals surface area contributed by atoms with Gasteiger partial charge in [-0.2, -0.15) is 0 Å². The Hall–Kier alpha value is -2.00. The third-order valence-electron chi connectivity index (χ3n) is 3.10. The molecule has 0 aliphatic rings. The van der Waals surface area contributed by atoms with Crippen LogP contribution in [0.1, 0.15) is 13.3 Å². The lowest BCUT2D eigenvalue weighted by atomic mass is 10.2. The number of hydrogen-bond donors (Lipinski definition) is 0. The number of fused-ring (bicyclic) bond motifs is 1. The van der Waals surface area contributed by atoms with Crippen LogP contribution in [0, 0.1) is 0 Å². The number of aromatic nitrogens is 2. The largest absolute Gasteiger partial charge is 0.475 e. The van der Waals surface area contributed by atoms with E-state index in [0.29, 0.717) is 0 Å². The van der Waals surface area contributed by atoms with Gasteiger partial charge < -0.3 is 9.14 Å². The number of imidazole rings is 1. The Morgan fingerprint density at radius 1 is 1.20 bits per heavy atom. The van der Waals surface area contributed by atoms with Crippen LogP contribution in [0.15, 0.2) is 54.9 Å². The van der Waals surface area contributed by atoms with E-state index in [9.17, 15) is 0 Å². The summed E-state index contributed by atoms with van der Waals surface area (Å²) in [4.78, 5) is 4.59. The van der Waals surface area contributed by atoms with Crippen LogP contribution in [-0.2, 0) is 0 Å². The van der Waals surface area contributed by atoms with E-state index in [4.69, 9.17) is 16.3 Å². The first-order valence-corrected chi connectivity index (χ1v) is 7.05. The van der Waals surface area contributed by atoms with Gasteiger partial charge in [0.25, 0.3) is 0 Å². The maximum absolute atomic E-state index is 5.97. The van der Waals surface area contributed by atoms with Crippen LogP contribution in [-0.4, -0.2) is 14.9 Å².